The highest BCUT2D eigenvalue weighted by molar-refractivity contribution is 5.83. The number of carbonyl (C=O) groups excluding carboxylic acids is 2. The number of hydrogen-bond acceptors (Lipinski definition) is 4. The standard InChI is InChI=1S/C13H22N2O3/c1-3-18-13(17)10-5-4-7-15(9-10)11-6-8-14(2)12(11)16/h10-11H,3-9H2,1-2H3. The number of carbonyl (C=O) groups is 2. The Morgan fingerprint density at radius 1 is 1.39 bits per heavy atom. The first kappa shape index (κ1) is 13.3. The maximum Gasteiger partial charge on any atom is 0.310 e. The first-order valence-electron chi connectivity index (χ1n) is 6.79. The molecule has 0 spiro atoms. The zero-order valence-corrected chi connectivity index (χ0v) is 11.2. The summed E-state index contributed by atoms with van der Waals surface area (Å²) in [6.45, 7) is 4.67. The van der Waals surface area contributed by atoms with Crippen LogP contribution in [0.1, 0.15) is 26.2 Å². The van der Waals surface area contributed by atoms with Gasteiger partial charge in [-0.1, -0.05) is 0 Å². The van der Waals surface area contributed by atoms with Crippen LogP contribution in [-0.2, 0) is 14.3 Å². The molecule has 1 amide bonds. The Kier molecular flexibility index (Phi) is 4.22. The minimum atomic E-state index is -0.110. The minimum absolute atomic E-state index is 0.0211. The normalized spacial score (nSPS) is 29.7. The SMILES string of the molecule is CCOC(=O)C1CCCN(C2CCN(C)C2=O)C1. The Morgan fingerprint density at radius 2 is 2.17 bits per heavy atom. The molecule has 0 aromatic carbocycles. The van der Waals surface area contributed by atoms with E-state index in [2.05, 4.69) is 4.90 Å². The number of rotatable bonds is 3. The van der Waals surface area contributed by atoms with Crippen LogP contribution in [0.4, 0.5) is 0 Å². The molecule has 2 unspecified atom stereocenters. The molecule has 5 heteroatoms. The molecule has 2 fully saturated rings. The van der Waals surface area contributed by atoms with Gasteiger partial charge in [0.25, 0.3) is 0 Å². The van der Waals surface area contributed by atoms with Crippen LogP contribution in [0.25, 0.3) is 0 Å². The lowest BCUT2D eigenvalue weighted by Gasteiger charge is -2.34. The predicted octanol–water partition coefficient (Wildman–Crippen LogP) is 0.492. The number of likely N-dealkylation sites (tertiary alicyclic amines) is 2. The van der Waals surface area contributed by atoms with E-state index in [1.165, 1.54) is 0 Å². The van der Waals surface area contributed by atoms with Crippen LogP contribution in [0, 0.1) is 5.92 Å². The van der Waals surface area contributed by atoms with Crippen LogP contribution < -0.4 is 0 Å². The van der Waals surface area contributed by atoms with E-state index in [1.807, 2.05) is 14.0 Å². The van der Waals surface area contributed by atoms with Gasteiger partial charge in [-0.2, -0.15) is 0 Å². The Balaban J connectivity index is 1.94. The average Bonchev–Trinajstić information content (AvgIpc) is 2.71. The molecular weight excluding hydrogens is 232 g/mol. The lowest BCUT2D eigenvalue weighted by atomic mass is 9.96. The molecule has 0 aromatic rings. The van der Waals surface area contributed by atoms with Gasteiger partial charge in [-0.3, -0.25) is 14.5 Å². The molecule has 0 aromatic heterocycles. The quantitative estimate of drug-likeness (QED) is 0.688. The van der Waals surface area contributed by atoms with Gasteiger partial charge in [-0.25, -0.2) is 0 Å². The van der Waals surface area contributed by atoms with E-state index >= 15 is 0 Å². The third-order valence-electron chi connectivity index (χ3n) is 3.91. The average molecular weight is 254 g/mol. The molecule has 2 atom stereocenters. The summed E-state index contributed by atoms with van der Waals surface area (Å²) in [6, 6.07) is -0.0211. The van der Waals surface area contributed by atoms with E-state index in [-0.39, 0.29) is 23.8 Å². The molecular formula is C13H22N2O3. The van der Waals surface area contributed by atoms with Crippen molar-refractivity contribution in [3.63, 3.8) is 0 Å². The molecule has 2 aliphatic heterocycles. The second kappa shape index (κ2) is 5.69. The molecule has 2 aliphatic rings. The van der Waals surface area contributed by atoms with Crippen LogP contribution in [0.2, 0.25) is 0 Å². The summed E-state index contributed by atoms with van der Waals surface area (Å²) in [5.74, 6) is 0.0258. The molecule has 18 heavy (non-hydrogen) atoms. The fraction of sp³-hybridized carbons (Fsp3) is 0.846. The number of amides is 1. The predicted molar refractivity (Wildman–Crippen MR) is 67.0 cm³/mol. The maximum absolute atomic E-state index is 12.0. The first-order chi connectivity index (χ1) is 8.63. The molecule has 102 valence electrons. The molecule has 2 heterocycles. The zero-order chi connectivity index (χ0) is 13.1. The minimum Gasteiger partial charge on any atom is -0.466 e. The van der Waals surface area contributed by atoms with E-state index in [4.69, 9.17) is 4.74 Å². The highest BCUT2D eigenvalue weighted by Gasteiger charge is 2.37. The topological polar surface area (TPSA) is 49.9 Å². The van der Waals surface area contributed by atoms with Gasteiger partial charge < -0.3 is 9.64 Å². The van der Waals surface area contributed by atoms with Crippen LogP contribution >= 0.6 is 0 Å². The van der Waals surface area contributed by atoms with E-state index in [9.17, 15) is 9.59 Å². The molecule has 0 bridgehead atoms. The van der Waals surface area contributed by atoms with E-state index in [0.717, 1.165) is 32.4 Å². The number of ether oxygens (including phenoxy) is 1. The number of nitrogens with zero attached hydrogens (tertiary/aromatic N) is 2. The van der Waals surface area contributed by atoms with Gasteiger partial charge in [-0.05, 0) is 32.7 Å². The van der Waals surface area contributed by atoms with Gasteiger partial charge in [0, 0.05) is 20.1 Å². The van der Waals surface area contributed by atoms with E-state index < -0.39 is 0 Å². The monoisotopic (exact) mass is 254 g/mol. The molecule has 0 N–H and O–H groups in total. The van der Waals surface area contributed by atoms with Crippen LogP contribution in [-0.4, -0.2) is 61.0 Å². The fourth-order valence-corrected chi connectivity index (χ4v) is 2.88. The van der Waals surface area contributed by atoms with Gasteiger partial charge >= 0.3 is 5.97 Å². The summed E-state index contributed by atoms with van der Waals surface area (Å²) in [4.78, 5) is 27.7. The molecule has 2 rings (SSSR count). The second-order valence-corrected chi connectivity index (χ2v) is 5.15. The van der Waals surface area contributed by atoms with Crippen molar-refractivity contribution >= 4 is 11.9 Å². The number of esters is 1. The van der Waals surface area contributed by atoms with Crippen molar-refractivity contribution in [1.29, 1.82) is 0 Å². The van der Waals surface area contributed by atoms with Gasteiger partial charge in [0.2, 0.25) is 5.91 Å². The largest absolute Gasteiger partial charge is 0.466 e. The van der Waals surface area contributed by atoms with Crippen molar-refractivity contribution in [2.75, 3.05) is 33.3 Å². The van der Waals surface area contributed by atoms with E-state index in [0.29, 0.717) is 13.2 Å². The Morgan fingerprint density at radius 3 is 2.78 bits per heavy atom. The summed E-state index contributed by atoms with van der Waals surface area (Å²) in [6.07, 6.45) is 2.73. The summed E-state index contributed by atoms with van der Waals surface area (Å²) < 4.78 is 5.08. The highest BCUT2D eigenvalue weighted by atomic mass is 16.5. The van der Waals surface area contributed by atoms with Crippen molar-refractivity contribution in [2.45, 2.75) is 32.2 Å². The van der Waals surface area contributed by atoms with Gasteiger partial charge in [0.1, 0.15) is 0 Å². The van der Waals surface area contributed by atoms with Gasteiger partial charge in [0.15, 0.2) is 0 Å². The molecule has 0 saturated carbocycles. The summed E-state index contributed by atoms with van der Waals surface area (Å²) >= 11 is 0. The second-order valence-electron chi connectivity index (χ2n) is 5.15. The van der Waals surface area contributed by atoms with Gasteiger partial charge in [0.05, 0.1) is 18.6 Å². The molecule has 0 aliphatic carbocycles. The fourth-order valence-electron chi connectivity index (χ4n) is 2.88. The van der Waals surface area contributed by atoms with Crippen LogP contribution in [0.15, 0.2) is 0 Å². The summed E-state index contributed by atoms with van der Waals surface area (Å²) in [7, 11) is 1.84. The first-order valence-corrected chi connectivity index (χ1v) is 6.79. The molecule has 2 saturated heterocycles. The van der Waals surface area contributed by atoms with Crippen molar-refractivity contribution in [2.24, 2.45) is 5.92 Å². The molecule has 0 radical (unpaired) electrons. The Hall–Kier alpha value is -1.10. The number of hydrogen-bond donors (Lipinski definition) is 0. The summed E-state index contributed by atoms with van der Waals surface area (Å²) in [5, 5.41) is 0. The number of likely N-dealkylation sites (N-methyl/N-ethyl adjacent to an activating group) is 1. The van der Waals surface area contributed by atoms with Crippen molar-refractivity contribution in [3.05, 3.63) is 0 Å². The third kappa shape index (κ3) is 2.66. The Bertz CT molecular complexity index is 332. The Labute approximate surface area is 108 Å². The maximum atomic E-state index is 12.0. The summed E-state index contributed by atoms with van der Waals surface area (Å²) in [5.41, 5.74) is 0. The number of piperidine rings is 1. The van der Waals surface area contributed by atoms with Crippen molar-refractivity contribution < 1.29 is 14.3 Å². The van der Waals surface area contributed by atoms with Crippen LogP contribution in [0.5, 0.6) is 0 Å². The van der Waals surface area contributed by atoms with Gasteiger partial charge in [-0.15, -0.1) is 0 Å². The van der Waals surface area contributed by atoms with Crippen LogP contribution in [0.3, 0.4) is 0 Å². The van der Waals surface area contributed by atoms with Crippen molar-refractivity contribution in [1.82, 2.24) is 9.80 Å². The van der Waals surface area contributed by atoms with E-state index in [1.54, 1.807) is 4.90 Å². The molecule has 5 nitrogen and oxygen atoms in total. The van der Waals surface area contributed by atoms with Crippen molar-refractivity contribution in [3.8, 4) is 0 Å². The lowest BCUT2D eigenvalue weighted by molar-refractivity contribution is -0.151. The lowest BCUT2D eigenvalue weighted by Crippen LogP contribution is -2.48. The highest BCUT2D eigenvalue weighted by Crippen LogP contribution is 2.24. The zero-order valence-electron chi connectivity index (χ0n) is 11.2. The third-order valence-corrected chi connectivity index (χ3v) is 3.91. The smallest absolute Gasteiger partial charge is 0.310 e.